The smallest absolute Gasteiger partial charge is 0.128 e. The van der Waals surface area contributed by atoms with E-state index in [-0.39, 0.29) is 0 Å². The Balaban J connectivity index is 0.000000140. The van der Waals surface area contributed by atoms with E-state index in [1.54, 1.807) is 34.2 Å². The molecule has 0 aliphatic rings. The van der Waals surface area contributed by atoms with E-state index in [2.05, 4.69) is 9.97 Å². The van der Waals surface area contributed by atoms with E-state index >= 15 is 0 Å². The third-order valence-corrected chi connectivity index (χ3v) is 2.24. The van der Waals surface area contributed by atoms with Gasteiger partial charge in [-0.1, -0.05) is 23.2 Å². The third-order valence-electron chi connectivity index (χ3n) is 1.52. The monoisotopic (exact) mass is 232 g/mol. The molecule has 2 aromatic heterocycles. The summed E-state index contributed by atoms with van der Waals surface area (Å²) in [7, 11) is 3.69. The highest BCUT2D eigenvalue weighted by atomic mass is 35.5. The van der Waals surface area contributed by atoms with Gasteiger partial charge in [0.1, 0.15) is 10.3 Å². The maximum atomic E-state index is 5.52. The van der Waals surface area contributed by atoms with E-state index in [0.717, 1.165) is 0 Å². The molecule has 0 amide bonds. The Labute approximate surface area is 92.1 Å². The van der Waals surface area contributed by atoms with Crippen LogP contribution in [0, 0.1) is 0 Å². The van der Waals surface area contributed by atoms with Crippen molar-refractivity contribution in [3.8, 4) is 0 Å². The molecule has 2 rings (SSSR count). The lowest BCUT2D eigenvalue weighted by Crippen LogP contribution is -1.80. The average Bonchev–Trinajstić information content (AvgIpc) is 2.67. The molecule has 0 aliphatic heterocycles. The Kier molecular flexibility index (Phi) is 3.98. The van der Waals surface area contributed by atoms with Gasteiger partial charge in [-0.25, -0.2) is 9.97 Å². The highest BCUT2D eigenvalue weighted by molar-refractivity contribution is 6.29. The number of hydrogen-bond acceptors (Lipinski definition) is 2. The predicted molar refractivity (Wildman–Crippen MR) is 56.4 cm³/mol. The summed E-state index contributed by atoms with van der Waals surface area (Å²) in [4.78, 5) is 7.50. The summed E-state index contributed by atoms with van der Waals surface area (Å²) in [6, 6.07) is 0. The van der Waals surface area contributed by atoms with Crippen LogP contribution >= 0.6 is 23.2 Å². The van der Waals surface area contributed by atoms with Crippen molar-refractivity contribution in [3.05, 3.63) is 35.4 Å². The largest absolute Gasteiger partial charge is 0.325 e. The molecule has 0 saturated carbocycles. The zero-order valence-corrected chi connectivity index (χ0v) is 9.37. The molecule has 76 valence electrons. The first-order valence-electron chi connectivity index (χ1n) is 3.85. The molecule has 0 saturated heterocycles. The second kappa shape index (κ2) is 5.02. The lowest BCUT2D eigenvalue weighted by Gasteiger charge is -1.84. The number of halogens is 2. The summed E-state index contributed by atoms with van der Waals surface area (Å²) in [5.74, 6) is 0. The van der Waals surface area contributed by atoms with Gasteiger partial charge in [0.05, 0.1) is 25.0 Å². The fourth-order valence-electron chi connectivity index (χ4n) is 0.682. The molecule has 14 heavy (non-hydrogen) atoms. The van der Waals surface area contributed by atoms with Crippen LogP contribution in [0.4, 0.5) is 0 Å². The minimum Gasteiger partial charge on any atom is -0.325 e. The van der Waals surface area contributed by atoms with Crippen LogP contribution in [0.25, 0.3) is 0 Å². The van der Waals surface area contributed by atoms with Crippen LogP contribution in [0.3, 0.4) is 0 Å². The fourth-order valence-corrected chi connectivity index (χ4v) is 0.882. The normalized spacial score (nSPS) is 9.43. The second-order valence-electron chi connectivity index (χ2n) is 2.65. The Bertz CT molecular complexity index is 322. The number of aryl methyl sites for hydroxylation is 2. The molecule has 0 unspecified atom stereocenters. The second-order valence-corrected chi connectivity index (χ2v) is 3.43. The minimum atomic E-state index is 0.667. The predicted octanol–water partition coefficient (Wildman–Crippen LogP) is 2.15. The standard InChI is InChI=1S/2C4H5ClN2/c2*1-7-3-6-2-4(7)5/h2*2-3H,1H3. The van der Waals surface area contributed by atoms with Crippen molar-refractivity contribution < 1.29 is 0 Å². The molecule has 2 heterocycles. The Morgan fingerprint density at radius 2 is 1.29 bits per heavy atom. The molecule has 0 radical (unpaired) electrons. The molecule has 6 heteroatoms. The van der Waals surface area contributed by atoms with Gasteiger partial charge in [-0.3, -0.25) is 0 Å². The van der Waals surface area contributed by atoms with Crippen LogP contribution in [0.2, 0.25) is 10.3 Å². The molecule has 0 N–H and O–H groups in total. The summed E-state index contributed by atoms with van der Waals surface area (Å²) in [5, 5.41) is 1.33. The number of rotatable bonds is 0. The summed E-state index contributed by atoms with van der Waals surface area (Å²) >= 11 is 11.0. The molecule has 4 nitrogen and oxygen atoms in total. The van der Waals surface area contributed by atoms with Crippen molar-refractivity contribution in [2.45, 2.75) is 0 Å². The van der Waals surface area contributed by atoms with Gasteiger partial charge in [-0.15, -0.1) is 0 Å². The lowest BCUT2D eigenvalue weighted by atomic mass is 10.9. The van der Waals surface area contributed by atoms with Gasteiger partial charge in [0.2, 0.25) is 0 Å². The third kappa shape index (κ3) is 3.05. The van der Waals surface area contributed by atoms with Gasteiger partial charge >= 0.3 is 0 Å². The van der Waals surface area contributed by atoms with E-state index < -0.39 is 0 Å². The number of aromatic nitrogens is 4. The average molecular weight is 233 g/mol. The molecule has 0 bridgehead atoms. The van der Waals surface area contributed by atoms with Crippen molar-refractivity contribution in [3.63, 3.8) is 0 Å². The SMILES string of the molecule is Cn1cncc1Cl.Cn1cncc1Cl. The number of nitrogens with zero attached hydrogens (tertiary/aromatic N) is 4. The van der Waals surface area contributed by atoms with Crippen molar-refractivity contribution in [2.24, 2.45) is 14.1 Å². The molecule has 2 aromatic rings. The van der Waals surface area contributed by atoms with Crippen molar-refractivity contribution in [1.29, 1.82) is 0 Å². The van der Waals surface area contributed by atoms with Gasteiger partial charge in [0, 0.05) is 14.1 Å². The van der Waals surface area contributed by atoms with Crippen molar-refractivity contribution in [1.82, 2.24) is 19.1 Å². The first-order chi connectivity index (χ1) is 6.61. The summed E-state index contributed by atoms with van der Waals surface area (Å²) < 4.78 is 3.48. The first-order valence-corrected chi connectivity index (χ1v) is 4.60. The highest BCUT2D eigenvalue weighted by Crippen LogP contribution is 2.02. The van der Waals surface area contributed by atoms with E-state index in [1.165, 1.54) is 0 Å². The van der Waals surface area contributed by atoms with E-state index in [1.807, 2.05) is 14.1 Å². The van der Waals surface area contributed by atoms with Crippen molar-refractivity contribution >= 4 is 23.2 Å². The van der Waals surface area contributed by atoms with Crippen LogP contribution in [-0.2, 0) is 14.1 Å². The lowest BCUT2D eigenvalue weighted by molar-refractivity contribution is 0.914. The fraction of sp³-hybridized carbons (Fsp3) is 0.250. The van der Waals surface area contributed by atoms with E-state index in [0.29, 0.717) is 10.3 Å². The topological polar surface area (TPSA) is 35.6 Å². The Morgan fingerprint density at radius 1 is 0.929 bits per heavy atom. The summed E-state index contributed by atoms with van der Waals surface area (Å²) in [5.41, 5.74) is 0. The maximum Gasteiger partial charge on any atom is 0.128 e. The van der Waals surface area contributed by atoms with Crippen LogP contribution in [0.1, 0.15) is 0 Å². The number of hydrogen-bond donors (Lipinski definition) is 0. The molecule has 0 aromatic carbocycles. The molecule has 0 atom stereocenters. The van der Waals surface area contributed by atoms with Crippen LogP contribution < -0.4 is 0 Å². The molecular formula is C8H10Cl2N4. The van der Waals surface area contributed by atoms with E-state index in [4.69, 9.17) is 23.2 Å². The van der Waals surface area contributed by atoms with Crippen LogP contribution in [0.5, 0.6) is 0 Å². The first kappa shape index (κ1) is 11.1. The summed E-state index contributed by atoms with van der Waals surface area (Å²) in [6.07, 6.45) is 6.51. The van der Waals surface area contributed by atoms with Gasteiger partial charge < -0.3 is 9.13 Å². The van der Waals surface area contributed by atoms with Crippen LogP contribution in [0.15, 0.2) is 25.0 Å². The molecular weight excluding hydrogens is 223 g/mol. The molecule has 0 spiro atoms. The molecule has 0 aliphatic carbocycles. The minimum absolute atomic E-state index is 0.667. The molecule has 0 fully saturated rings. The quantitative estimate of drug-likeness (QED) is 0.698. The van der Waals surface area contributed by atoms with Crippen molar-refractivity contribution in [2.75, 3.05) is 0 Å². The van der Waals surface area contributed by atoms with E-state index in [9.17, 15) is 0 Å². The zero-order valence-electron chi connectivity index (χ0n) is 7.85. The van der Waals surface area contributed by atoms with Gasteiger partial charge in [-0.05, 0) is 0 Å². The number of imidazole rings is 2. The summed E-state index contributed by atoms with van der Waals surface area (Å²) in [6.45, 7) is 0. The van der Waals surface area contributed by atoms with Crippen LogP contribution in [-0.4, -0.2) is 19.1 Å². The zero-order chi connectivity index (χ0) is 10.6. The van der Waals surface area contributed by atoms with Gasteiger partial charge in [0.25, 0.3) is 0 Å². The van der Waals surface area contributed by atoms with Gasteiger partial charge in [-0.2, -0.15) is 0 Å². The Hall–Kier alpha value is -1.00. The maximum absolute atomic E-state index is 5.52. The van der Waals surface area contributed by atoms with Gasteiger partial charge in [0.15, 0.2) is 0 Å². The highest BCUT2D eigenvalue weighted by Gasteiger charge is 1.87. The Morgan fingerprint density at radius 3 is 1.36 bits per heavy atom.